The predicted octanol–water partition coefficient (Wildman–Crippen LogP) is 1.27. The molecule has 0 aliphatic carbocycles. The van der Waals surface area contributed by atoms with Crippen molar-refractivity contribution in [2.24, 2.45) is 5.92 Å². The molecule has 1 aromatic rings. The van der Waals surface area contributed by atoms with Gasteiger partial charge in [0.15, 0.2) is 0 Å². The molecular formula is C20H30N4O3S. The van der Waals surface area contributed by atoms with Crippen LogP contribution in [0.1, 0.15) is 35.9 Å². The molecule has 28 heavy (non-hydrogen) atoms. The highest BCUT2D eigenvalue weighted by molar-refractivity contribution is 7.12. The summed E-state index contributed by atoms with van der Waals surface area (Å²) in [6.45, 7) is 7.10. The lowest BCUT2D eigenvalue weighted by atomic mass is 9.96. The Bertz CT molecular complexity index is 671. The van der Waals surface area contributed by atoms with E-state index in [0.29, 0.717) is 32.7 Å². The van der Waals surface area contributed by atoms with Crippen LogP contribution in [-0.2, 0) is 9.59 Å². The van der Waals surface area contributed by atoms with Crippen LogP contribution in [-0.4, -0.2) is 84.8 Å². The van der Waals surface area contributed by atoms with E-state index in [1.165, 1.54) is 11.3 Å². The van der Waals surface area contributed by atoms with Crippen molar-refractivity contribution in [3.63, 3.8) is 0 Å². The summed E-state index contributed by atoms with van der Waals surface area (Å²) in [6, 6.07) is 3.72. The van der Waals surface area contributed by atoms with Gasteiger partial charge in [0.05, 0.1) is 17.3 Å². The topological polar surface area (TPSA) is 73.0 Å². The summed E-state index contributed by atoms with van der Waals surface area (Å²) in [7, 11) is 0. The second kappa shape index (κ2) is 10.0. The number of amides is 3. The van der Waals surface area contributed by atoms with Gasteiger partial charge in [-0.15, -0.1) is 11.3 Å². The fraction of sp³-hybridized carbons (Fsp3) is 0.650. The van der Waals surface area contributed by atoms with Crippen molar-refractivity contribution >= 4 is 29.1 Å². The van der Waals surface area contributed by atoms with Gasteiger partial charge in [0.1, 0.15) is 0 Å². The van der Waals surface area contributed by atoms with Crippen LogP contribution < -0.4 is 5.32 Å². The number of thiophene rings is 1. The van der Waals surface area contributed by atoms with Crippen LogP contribution in [0, 0.1) is 5.92 Å². The lowest BCUT2D eigenvalue weighted by Crippen LogP contribution is -2.54. The first kappa shape index (κ1) is 20.8. The Kier molecular flexibility index (Phi) is 7.44. The minimum absolute atomic E-state index is 0.0374. The Morgan fingerprint density at radius 3 is 2.61 bits per heavy atom. The van der Waals surface area contributed by atoms with Crippen molar-refractivity contribution in [1.29, 1.82) is 0 Å². The highest BCUT2D eigenvalue weighted by Gasteiger charge is 2.33. The second-order valence-corrected chi connectivity index (χ2v) is 8.47. The van der Waals surface area contributed by atoms with Crippen LogP contribution in [0.5, 0.6) is 0 Å². The molecular weight excluding hydrogens is 376 g/mol. The van der Waals surface area contributed by atoms with Gasteiger partial charge in [0, 0.05) is 45.8 Å². The van der Waals surface area contributed by atoms with Crippen molar-refractivity contribution in [3.8, 4) is 0 Å². The van der Waals surface area contributed by atoms with E-state index in [1.807, 2.05) is 34.2 Å². The van der Waals surface area contributed by atoms with Crippen LogP contribution in [0.2, 0.25) is 0 Å². The van der Waals surface area contributed by atoms with Gasteiger partial charge in [-0.2, -0.15) is 0 Å². The molecule has 7 nitrogen and oxygen atoms in total. The van der Waals surface area contributed by atoms with Gasteiger partial charge in [0.2, 0.25) is 11.8 Å². The van der Waals surface area contributed by atoms with Crippen LogP contribution in [0.4, 0.5) is 0 Å². The maximum atomic E-state index is 13.0. The minimum Gasteiger partial charge on any atom is -0.355 e. The Labute approximate surface area is 170 Å². The zero-order chi connectivity index (χ0) is 19.9. The van der Waals surface area contributed by atoms with Crippen molar-refractivity contribution < 1.29 is 14.4 Å². The van der Waals surface area contributed by atoms with Crippen molar-refractivity contribution in [1.82, 2.24) is 20.0 Å². The average molecular weight is 407 g/mol. The fourth-order valence-corrected chi connectivity index (χ4v) is 4.52. The SMILES string of the molecule is CCCNC(=O)CN1CCN(C(=O)C2CCCN(C(=O)c3cccs3)C2)CC1. The number of hydrogen-bond acceptors (Lipinski definition) is 5. The molecule has 0 aromatic carbocycles. The lowest BCUT2D eigenvalue weighted by Gasteiger charge is -2.38. The molecule has 8 heteroatoms. The van der Waals surface area contributed by atoms with E-state index >= 15 is 0 Å². The van der Waals surface area contributed by atoms with Gasteiger partial charge in [0.25, 0.3) is 5.91 Å². The first-order valence-corrected chi connectivity index (χ1v) is 11.1. The molecule has 2 aliphatic rings. The molecule has 0 radical (unpaired) electrons. The monoisotopic (exact) mass is 406 g/mol. The summed E-state index contributed by atoms with van der Waals surface area (Å²) < 4.78 is 0. The maximum absolute atomic E-state index is 13.0. The van der Waals surface area contributed by atoms with E-state index in [1.54, 1.807) is 0 Å². The Morgan fingerprint density at radius 2 is 1.93 bits per heavy atom. The van der Waals surface area contributed by atoms with Gasteiger partial charge >= 0.3 is 0 Å². The number of piperidine rings is 1. The molecule has 3 rings (SSSR count). The second-order valence-electron chi connectivity index (χ2n) is 7.52. The van der Waals surface area contributed by atoms with E-state index < -0.39 is 0 Å². The van der Waals surface area contributed by atoms with E-state index in [9.17, 15) is 14.4 Å². The molecule has 0 saturated carbocycles. The van der Waals surface area contributed by atoms with Crippen LogP contribution in [0.3, 0.4) is 0 Å². The van der Waals surface area contributed by atoms with Gasteiger partial charge in [-0.25, -0.2) is 0 Å². The van der Waals surface area contributed by atoms with E-state index in [-0.39, 0.29) is 23.6 Å². The Morgan fingerprint density at radius 1 is 1.14 bits per heavy atom. The first-order valence-electron chi connectivity index (χ1n) is 10.2. The Hall–Kier alpha value is -1.93. The smallest absolute Gasteiger partial charge is 0.263 e. The third kappa shape index (κ3) is 5.32. The van der Waals surface area contributed by atoms with Crippen LogP contribution in [0.25, 0.3) is 0 Å². The van der Waals surface area contributed by atoms with E-state index in [2.05, 4.69) is 10.2 Å². The van der Waals surface area contributed by atoms with Gasteiger partial charge < -0.3 is 15.1 Å². The third-order valence-corrected chi connectivity index (χ3v) is 6.27. The largest absolute Gasteiger partial charge is 0.355 e. The number of carbonyl (C=O) groups excluding carboxylic acids is 3. The predicted molar refractivity (Wildman–Crippen MR) is 109 cm³/mol. The molecule has 3 heterocycles. The summed E-state index contributed by atoms with van der Waals surface area (Å²) in [6.07, 6.45) is 2.64. The molecule has 0 bridgehead atoms. The van der Waals surface area contributed by atoms with Crippen LogP contribution >= 0.6 is 11.3 Å². The fourth-order valence-electron chi connectivity index (χ4n) is 3.83. The average Bonchev–Trinajstić information content (AvgIpc) is 3.27. The molecule has 2 fully saturated rings. The quantitative estimate of drug-likeness (QED) is 0.772. The molecule has 2 aliphatic heterocycles. The van der Waals surface area contributed by atoms with Crippen molar-refractivity contribution in [2.75, 3.05) is 52.4 Å². The third-order valence-electron chi connectivity index (χ3n) is 5.41. The number of piperazine rings is 1. The maximum Gasteiger partial charge on any atom is 0.263 e. The highest BCUT2D eigenvalue weighted by Crippen LogP contribution is 2.22. The zero-order valence-corrected chi connectivity index (χ0v) is 17.4. The Balaban J connectivity index is 1.47. The number of nitrogens with one attached hydrogen (secondary N) is 1. The summed E-state index contributed by atoms with van der Waals surface area (Å²) in [5.74, 6) is 0.128. The molecule has 0 spiro atoms. The summed E-state index contributed by atoms with van der Waals surface area (Å²) in [4.78, 5) is 44.0. The van der Waals surface area contributed by atoms with Crippen molar-refractivity contribution in [2.45, 2.75) is 26.2 Å². The normalized spacial score (nSPS) is 20.8. The standard InChI is InChI=1S/C20H30N4O3S/c1-2-7-21-18(25)15-22-9-11-23(12-10-22)19(26)16-5-3-8-24(14-16)20(27)17-6-4-13-28-17/h4,6,13,16H,2-3,5,7-12,14-15H2,1H3,(H,21,25). The number of likely N-dealkylation sites (tertiary alicyclic amines) is 1. The lowest BCUT2D eigenvalue weighted by molar-refractivity contribution is -0.138. The molecule has 3 amide bonds. The molecule has 1 atom stereocenters. The summed E-state index contributed by atoms with van der Waals surface area (Å²) >= 11 is 1.45. The van der Waals surface area contributed by atoms with E-state index in [0.717, 1.165) is 43.8 Å². The number of hydrogen-bond donors (Lipinski definition) is 1. The highest BCUT2D eigenvalue weighted by atomic mass is 32.1. The number of rotatable bonds is 6. The van der Waals surface area contributed by atoms with E-state index in [4.69, 9.17) is 0 Å². The summed E-state index contributed by atoms with van der Waals surface area (Å²) in [5.41, 5.74) is 0. The van der Waals surface area contributed by atoms with Crippen LogP contribution in [0.15, 0.2) is 17.5 Å². The molecule has 1 unspecified atom stereocenters. The first-order chi connectivity index (χ1) is 13.6. The number of nitrogens with zero attached hydrogens (tertiary/aromatic N) is 3. The van der Waals surface area contributed by atoms with Gasteiger partial charge in [-0.05, 0) is 30.7 Å². The molecule has 154 valence electrons. The minimum atomic E-state index is -0.114. The van der Waals surface area contributed by atoms with Gasteiger partial charge in [-0.1, -0.05) is 13.0 Å². The molecule has 2 saturated heterocycles. The summed E-state index contributed by atoms with van der Waals surface area (Å²) in [5, 5.41) is 4.80. The molecule has 1 N–H and O–H groups in total. The zero-order valence-electron chi connectivity index (χ0n) is 16.6. The van der Waals surface area contributed by atoms with Gasteiger partial charge in [-0.3, -0.25) is 19.3 Å². The number of carbonyl (C=O) groups is 3. The van der Waals surface area contributed by atoms with Crippen molar-refractivity contribution in [3.05, 3.63) is 22.4 Å². The molecule has 1 aromatic heterocycles.